The molecule has 0 bridgehead atoms. The Morgan fingerprint density at radius 3 is 2.55 bits per heavy atom. The molecule has 1 N–H and O–H groups in total. The highest BCUT2D eigenvalue weighted by Gasteiger charge is 2.18. The van der Waals surface area contributed by atoms with Crippen LogP contribution in [0.25, 0.3) is 11.6 Å². The third-order valence-corrected chi connectivity index (χ3v) is 3.57. The number of nitro groups is 1. The molecule has 2 aromatic carbocycles. The Morgan fingerprint density at radius 2 is 2.00 bits per heavy atom. The van der Waals surface area contributed by atoms with Crippen molar-refractivity contribution in [2.24, 2.45) is 0 Å². The van der Waals surface area contributed by atoms with E-state index in [1.807, 2.05) is 6.07 Å². The van der Waals surface area contributed by atoms with Crippen LogP contribution in [0.3, 0.4) is 0 Å². The molecule has 7 heteroatoms. The molecule has 2 rings (SSSR count). The topological polar surface area (TPSA) is 87.2 Å². The zero-order chi connectivity index (χ0) is 16.3. The molecule has 0 saturated heterocycles. The fourth-order valence-corrected chi connectivity index (χ4v) is 2.41. The number of nitro benzene ring substituents is 1. The van der Waals surface area contributed by atoms with E-state index in [0.29, 0.717) is 15.1 Å². The number of hydrogen-bond donors (Lipinski definition) is 1. The summed E-state index contributed by atoms with van der Waals surface area (Å²) in [5.41, 5.74) is 0.579. The maximum Gasteiger partial charge on any atom is 0.312 e. The minimum absolute atomic E-state index is 0.174. The Bertz CT molecular complexity index is 811. The summed E-state index contributed by atoms with van der Waals surface area (Å²) in [4.78, 5) is 10.2. The zero-order valence-corrected chi connectivity index (χ0v) is 13.3. The van der Waals surface area contributed by atoms with E-state index >= 15 is 0 Å². The van der Waals surface area contributed by atoms with Gasteiger partial charge < -0.3 is 5.11 Å². The Labute approximate surface area is 139 Å². The summed E-state index contributed by atoms with van der Waals surface area (Å²) in [6, 6.07) is 11.3. The second-order valence-electron chi connectivity index (χ2n) is 4.30. The number of nitrogens with zero attached hydrogens (tertiary/aromatic N) is 2. The molecule has 2 aromatic rings. The Kier molecular flexibility index (Phi) is 4.81. The molecule has 0 aliphatic rings. The fourth-order valence-electron chi connectivity index (χ4n) is 1.82. The van der Waals surface area contributed by atoms with Gasteiger partial charge in [0, 0.05) is 21.1 Å². The van der Waals surface area contributed by atoms with Crippen LogP contribution in [0.2, 0.25) is 5.02 Å². The lowest BCUT2D eigenvalue weighted by atomic mass is 10.0. The highest BCUT2D eigenvalue weighted by Crippen LogP contribution is 2.35. The molecule has 0 atom stereocenters. The van der Waals surface area contributed by atoms with E-state index in [9.17, 15) is 20.5 Å². The number of nitriles is 1. The molecule has 0 heterocycles. The van der Waals surface area contributed by atoms with E-state index in [1.165, 1.54) is 18.2 Å². The monoisotopic (exact) mass is 378 g/mol. The Morgan fingerprint density at radius 1 is 1.36 bits per heavy atom. The van der Waals surface area contributed by atoms with Crippen molar-refractivity contribution in [3.05, 3.63) is 67.1 Å². The van der Waals surface area contributed by atoms with E-state index < -0.39 is 16.4 Å². The Hall–Kier alpha value is -2.36. The summed E-state index contributed by atoms with van der Waals surface area (Å²) in [5.74, 6) is -0.491. The van der Waals surface area contributed by atoms with Crippen LogP contribution >= 0.6 is 27.5 Å². The van der Waals surface area contributed by atoms with Gasteiger partial charge in [0.05, 0.1) is 16.6 Å². The number of rotatable bonds is 3. The predicted molar refractivity (Wildman–Crippen MR) is 87.4 cm³/mol. The van der Waals surface area contributed by atoms with Crippen molar-refractivity contribution in [3.8, 4) is 11.8 Å². The molecule has 0 radical (unpaired) electrons. The van der Waals surface area contributed by atoms with Crippen LogP contribution < -0.4 is 0 Å². The highest BCUT2D eigenvalue weighted by molar-refractivity contribution is 9.10. The summed E-state index contributed by atoms with van der Waals surface area (Å²) in [6.45, 7) is 0. The summed E-state index contributed by atoms with van der Waals surface area (Å²) in [6.07, 6.45) is 1.39. The maximum absolute atomic E-state index is 10.9. The minimum Gasteiger partial charge on any atom is -0.502 e. The van der Waals surface area contributed by atoms with Gasteiger partial charge in [0.15, 0.2) is 0 Å². The number of phenols is 1. The first-order valence-electron chi connectivity index (χ1n) is 5.97. The van der Waals surface area contributed by atoms with Crippen molar-refractivity contribution < 1.29 is 10.0 Å². The first-order chi connectivity index (χ1) is 10.4. The van der Waals surface area contributed by atoms with Crippen molar-refractivity contribution in [3.63, 3.8) is 0 Å². The summed E-state index contributed by atoms with van der Waals surface area (Å²) >= 11 is 8.95. The third kappa shape index (κ3) is 3.45. The number of halogens is 2. The summed E-state index contributed by atoms with van der Waals surface area (Å²) in [7, 11) is 0. The van der Waals surface area contributed by atoms with Crippen molar-refractivity contribution in [1.82, 2.24) is 0 Å². The molecule has 0 saturated carbocycles. The molecular weight excluding hydrogens is 372 g/mol. The molecule has 110 valence electrons. The summed E-state index contributed by atoms with van der Waals surface area (Å²) in [5, 5.41) is 30.7. The van der Waals surface area contributed by atoms with Crippen LogP contribution in [0, 0.1) is 21.4 Å². The lowest BCUT2D eigenvalue weighted by Gasteiger charge is -2.04. The van der Waals surface area contributed by atoms with E-state index in [4.69, 9.17) is 11.6 Å². The average molecular weight is 380 g/mol. The van der Waals surface area contributed by atoms with Gasteiger partial charge >= 0.3 is 5.69 Å². The number of phenolic OH excluding ortho intramolecular Hbond substituents is 1. The third-order valence-electron chi connectivity index (χ3n) is 2.86. The Balaban J connectivity index is 2.58. The molecule has 0 spiro atoms. The molecule has 5 nitrogen and oxygen atoms in total. The first kappa shape index (κ1) is 16.0. The zero-order valence-electron chi connectivity index (χ0n) is 11.0. The van der Waals surface area contributed by atoms with Crippen LogP contribution in [0.5, 0.6) is 5.75 Å². The van der Waals surface area contributed by atoms with Gasteiger partial charge in [-0.05, 0) is 29.8 Å². The van der Waals surface area contributed by atoms with Gasteiger partial charge in [-0.3, -0.25) is 10.1 Å². The molecule has 0 aromatic heterocycles. The molecule has 0 fully saturated rings. The van der Waals surface area contributed by atoms with E-state index in [1.54, 1.807) is 24.3 Å². The summed E-state index contributed by atoms with van der Waals surface area (Å²) < 4.78 is 0.427. The van der Waals surface area contributed by atoms with E-state index in [2.05, 4.69) is 15.9 Å². The standard InChI is InChI=1S/C15H8BrClN2O3/c16-12-6-10(15(20)14(7-12)19(21)22)5-11(8-18)9-1-3-13(17)4-2-9/h1-7,20H/b11-5-. The molecule has 22 heavy (non-hydrogen) atoms. The minimum atomic E-state index is -0.689. The van der Waals surface area contributed by atoms with Gasteiger partial charge in [0.1, 0.15) is 0 Å². The fraction of sp³-hybridized carbons (Fsp3) is 0. The van der Waals surface area contributed by atoms with Gasteiger partial charge in [-0.1, -0.05) is 39.7 Å². The number of aromatic hydroxyl groups is 1. The van der Waals surface area contributed by atoms with Crippen molar-refractivity contribution >= 4 is 44.9 Å². The van der Waals surface area contributed by atoms with Crippen molar-refractivity contribution in [1.29, 1.82) is 5.26 Å². The first-order valence-corrected chi connectivity index (χ1v) is 7.14. The van der Waals surface area contributed by atoms with Crippen LogP contribution in [0.15, 0.2) is 40.9 Å². The number of benzene rings is 2. The quantitative estimate of drug-likeness (QED) is 0.360. The van der Waals surface area contributed by atoms with Gasteiger partial charge in [-0.2, -0.15) is 5.26 Å². The molecule has 0 unspecified atom stereocenters. The van der Waals surface area contributed by atoms with Crippen LogP contribution in [-0.4, -0.2) is 10.0 Å². The lowest BCUT2D eigenvalue weighted by Crippen LogP contribution is -1.91. The van der Waals surface area contributed by atoms with Crippen molar-refractivity contribution in [2.45, 2.75) is 0 Å². The average Bonchev–Trinajstić information content (AvgIpc) is 2.48. The SMILES string of the molecule is N#C/C(=C/c1cc(Br)cc([N+](=O)[O-])c1O)c1ccc(Cl)cc1. The van der Waals surface area contributed by atoms with Crippen LogP contribution in [0.1, 0.15) is 11.1 Å². The van der Waals surface area contributed by atoms with Crippen molar-refractivity contribution in [2.75, 3.05) is 0 Å². The van der Waals surface area contributed by atoms with E-state index in [0.717, 1.165) is 0 Å². The molecule has 0 aliphatic heterocycles. The normalized spacial score (nSPS) is 11.0. The van der Waals surface area contributed by atoms with Gasteiger partial charge in [-0.25, -0.2) is 0 Å². The van der Waals surface area contributed by atoms with Crippen LogP contribution in [-0.2, 0) is 0 Å². The molecular formula is C15H8BrClN2O3. The molecule has 0 aliphatic carbocycles. The van der Waals surface area contributed by atoms with Gasteiger partial charge in [0.2, 0.25) is 5.75 Å². The van der Waals surface area contributed by atoms with Crippen LogP contribution in [0.4, 0.5) is 5.69 Å². The molecule has 0 amide bonds. The lowest BCUT2D eigenvalue weighted by molar-refractivity contribution is -0.385. The number of hydrogen-bond acceptors (Lipinski definition) is 4. The highest BCUT2D eigenvalue weighted by atomic mass is 79.9. The smallest absolute Gasteiger partial charge is 0.312 e. The largest absolute Gasteiger partial charge is 0.502 e. The van der Waals surface area contributed by atoms with Gasteiger partial charge in [-0.15, -0.1) is 0 Å². The number of allylic oxidation sites excluding steroid dienone is 1. The predicted octanol–water partition coefficient (Wildman–Crippen LogP) is 4.78. The maximum atomic E-state index is 10.9. The van der Waals surface area contributed by atoms with E-state index in [-0.39, 0.29) is 11.1 Å². The second kappa shape index (κ2) is 6.60. The van der Waals surface area contributed by atoms with Gasteiger partial charge in [0.25, 0.3) is 0 Å². The second-order valence-corrected chi connectivity index (χ2v) is 5.65.